The van der Waals surface area contributed by atoms with Crippen LogP contribution < -0.4 is 4.74 Å². The molecule has 0 aliphatic carbocycles. The summed E-state index contributed by atoms with van der Waals surface area (Å²) in [5, 5.41) is 0. The number of benzene rings is 4. The minimum absolute atomic E-state index is 0.0293. The van der Waals surface area contributed by atoms with Crippen molar-refractivity contribution in [3.63, 3.8) is 0 Å². The number of alkyl halides is 2. The lowest BCUT2D eigenvalue weighted by Gasteiger charge is -2.20. The molecule has 0 spiro atoms. The second-order valence-electron chi connectivity index (χ2n) is 9.12. The van der Waals surface area contributed by atoms with Crippen molar-refractivity contribution in [1.82, 2.24) is 0 Å². The Bertz CT molecular complexity index is 1710. The molecule has 0 amide bonds. The van der Waals surface area contributed by atoms with Crippen molar-refractivity contribution in [1.29, 1.82) is 0 Å². The monoisotopic (exact) mass is 608 g/mol. The van der Waals surface area contributed by atoms with E-state index in [4.69, 9.17) is 0 Å². The van der Waals surface area contributed by atoms with Gasteiger partial charge in [-0.05, 0) is 67.3 Å². The Morgan fingerprint density at radius 3 is 1.86 bits per heavy atom. The number of halogens is 10. The molecule has 4 aromatic carbocycles. The van der Waals surface area contributed by atoms with E-state index in [-0.39, 0.29) is 35.4 Å². The number of hydrogen-bond acceptors (Lipinski definition) is 1. The largest absolute Gasteiger partial charge is 0.432 e. The van der Waals surface area contributed by atoms with Crippen LogP contribution in [0.4, 0.5) is 43.9 Å². The Morgan fingerprint density at radius 1 is 0.698 bits per heavy atom. The second kappa shape index (κ2) is 12.7. The molecule has 0 heterocycles. The summed E-state index contributed by atoms with van der Waals surface area (Å²) >= 11 is 0. The molecule has 0 bridgehead atoms. The zero-order chi connectivity index (χ0) is 31.5. The third-order valence-electron chi connectivity index (χ3n) is 6.08. The standard InChI is InChI=1S/C32H18F10O/c1-2-3-4-5-17-6-8-19(22(33)10-17)9-7-18-11-23(34)29(24(35)12-18)20-13-25(36)30(26(37)14-20)32(41,42)43-21-15-27(38)31(40)28(39)16-21/h2-3,6,8,10-16H,4-5H2,1H3/b3-2+. The quantitative estimate of drug-likeness (QED) is 0.0879. The van der Waals surface area contributed by atoms with Gasteiger partial charge in [0.2, 0.25) is 0 Å². The molecule has 0 fully saturated rings. The maximum absolute atomic E-state index is 14.9. The van der Waals surface area contributed by atoms with Crippen molar-refractivity contribution in [2.45, 2.75) is 25.9 Å². The molecule has 222 valence electrons. The molecular weight excluding hydrogens is 590 g/mol. The fourth-order valence-corrected chi connectivity index (χ4v) is 4.08. The molecule has 11 heteroatoms. The zero-order valence-corrected chi connectivity index (χ0v) is 22.0. The summed E-state index contributed by atoms with van der Waals surface area (Å²) in [4.78, 5) is 0. The Kier molecular flexibility index (Phi) is 9.19. The fourth-order valence-electron chi connectivity index (χ4n) is 4.08. The van der Waals surface area contributed by atoms with Gasteiger partial charge < -0.3 is 4.74 Å². The van der Waals surface area contributed by atoms with Crippen LogP contribution in [0.25, 0.3) is 11.1 Å². The van der Waals surface area contributed by atoms with Crippen molar-refractivity contribution in [3.8, 4) is 28.7 Å². The van der Waals surface area contributed by atoms with Crippen molar-refractivity contribution in [2.24, 2.45) is 0 Å². The minimum Gasteiger partial charge on any atom is -0.429 e. The summed E-state index contributed by atoms with van der Waals surface area (Å²) in [6, 6.07) is 6.20. The summed E-state index contributed by atoms with van der Waals surface area (Å²) in [7, 11) is 0. The Hall–Kier alpha value is -4.72. The third kappa shape index (κ3) is 7.02. The zero-order valence-electron chi connectivity index (χ0n) is 22.0. The summed E-state index contributed by atoms with van der Waals surface area (Å²) < 4.78 is 147. The van der Waals surface area contributed by atoms with Crippen LogP contribution in [0, 0.1) is 58.4 Å². The number of aryl methyl sites for hydroxylation is 1. The number of allylic oxidation sites excluding steroid dienone is 2. The summed E-state index contributed by atoms with van der Waals surface area (Å²) in [6.07, 6.45) is 0.189. The molecule has 4 aromatic rings. The van der Waals surface area contributed by atoms with Crippen LogP contribution in [0.15, 0.2) is 66.7 Å². The molecule has 43 heavy (non-hydrogen) atoms. The van der Waals surface area contributed by atoms with Crippen molar-refractivity contribution >= 4 is 0 Å². The number of hydrogen-bond donors (Lipinski definition) is 0. The van der Waals surface area contributed by atoms with Gasteiger partial charge in [-0.25, -0.2) is 35.1 Å². The van der Waals surface area contributed by atoms with E-state index in [2.05, 4.69) is 16.6 Å². The average molecular weight is 608 g/mol. The van der Waals surface area contributed by atoms with Gasteiger partial charge in [0.15, 0.2) is 17.5 Å². The van der Waals surface area contributed by atoms with Crippen LogP contribution >= 0.6 is 0 Å². The molecule has 0 saturated carbocycles. The van der Waals surface area contributed by atoms with Gasteiger partial charge in [-0.3, -0.25) is 0 Å². The van der Waals surface area contributed by atoms with Gasteiger partial charge in [0, 0.05) is 17.7 Å². The fraction of sp³-hybridized carbons (Fsp3) is 0.125. The average Bonchev–Trinajstić information content (AvgIpc) is 2.90. The Balaban J connectivity index is 1.61. The summed E-state index contributed by atoms with van der Waals surface area (Å²) in [5.41, 5.74) is -3.43. The van der Waals surface area contributed by atoms with Crippen LogP contribution in [0.3, 0.4) is 0 Å². The van der Waals surface area contributed by atoms with Gasteiger partial charge in [0.05, 0.1) is 11.1 Å². The van der Waals surface area contributed by atoms with E-state index in [1.54, 1.807) is 6.07 Å². The van der Waals surface area contributed by atoms with Crippen LogP contribution in [0.2, 0.25) is 0 Å². The summed E-state index contributed by atoms with van der Waals surface area (Å²) in [5.74, 6) is -9.65. The second-order valence-corrected chi connectivity index (χ2v) is 9.12. The maximum Gasteiger partial charge on any atom is 0.432 e. The SMILES string of the molecule is C/C=C/CCc1ccc(C#Cc2cc(F)c(-c3cc(F)c(C(F)(F)Oc4cc(F)c(F)c(F)c4)c(F)c3)c(F)c2)c(F)c1. The maximum atomic E-state index is 14.9. The predicted molar refractivity (Wildman–Crippen MR) is 138 cm³/mol. The van der Waals surface area contributed by atoms with Gasteiger partial charge in [-0.15, -0.1) is 0 Å². The highest BCUT2D eigenvalue weighted by molar-refractivity contribution is 5.67. The highest BCUT2D eigenvalue weighted by Crippen LogP contribution is 2.38. The molecule has 0 radical (unpaired) electrons. The summed E-state index contributed by atoms with van der Waals surface area (Å²) in [6.45, 7) is 1.86. The van der Waals surface area contributed by atoms with Gasteiger partial charge >= 0.3 is 6.11 Å². The molecule has 0 saturated heterocycles. The first kappa shape index (κ1) is 31.2. The van der Waals surface area contributed by atoms with E-state index in [9.17, 15) is 43.9 Å². The van der Waals surface area contributed by atoms with Crippen LogP contribution in [0.1, 0.15) is 35.6 Å². The van der Waals surface area contributed by atoms with Crippen LogP contribution in [-0.2, 0) is 12.5 Å². The lowest BCUT2D eigenvalue weighted by atomic mass is 9.99. The molecule has 0 unspecified atom stereocenters. The van der Waals surface area contributed by atoms with Crippen molar-refractivity contribution in [3.05, 3.63) is 136 Å². The van der Waals surface area contributed by atoms with E-state index in [0.29, 0.717) is 25.0 Å². The van der Waals surface area contributed by atoms with Gasteiger partial charge in [-0.2, -0.15) is 8.78 Å². The lowest BCUT2D eigenvalue weighted by molar-refractivity contribution is -0.189. The minimum atomic E-state index is -4.89. The van der Waals surface area contributed by atoms with E-state index in [1.165, 1.54) is 12.1 Å². The van der Waals surface area contributed by atoms with Gasteiger partial charge in [0.1, 0.15) is 40.4 Å². The Labute approximate surface area is 239 Å². The Morgan fingerprint density at radius 2 is 1.30 bits per heavy atom. The first-order valence-electron chi connectivity index (χ1n) is 12.4. The van der Waals surface area contributed by atoms with Crippen LogP contribution in [0.5, 0.6) is 5.75 Å². The molecule has 0 aromatic heterocycles. The molecule has 1 nitrogen and oxygen atoms in total. The van der Waals surface area contributed by atoms with E-state index < -0.39 is 75.1 Å². The first-order chi connectivity index (χ1) is 20.3. The molecule has 0 N–H and O–H groups in total. The molecule has 0 aliphatic heterocycles. The topological polar surface area (TPSA) is 9.23 Å². The number of rotatable bonds is 7. The molecule has 0 atom stereocenters. The molecular formula is C32H18F10O. The smallest absolute Gasteiger partial charge is 0.429 e. The van der Waals surface area contributed by atoms with E-state index in [0.717, 1.165) is 5.56 Å². The van der Waals surface area contributed by atoms with Crippen molar-refractivity contribution in [2.75, 3.05) is 0 Å². The molecule has 4 rings (SSSR count). The highest BCUT2D eigenvalue weighted by atomic mass is 19.3. The third-order valence-corrected chi connectivity index (χ3v) is 6.08. The van der Waals surface area contributed by atoms with E-state index in [1.807, 2.05) is 19.1 Å². The van der Waals surface area contributed by atoms with Crippen LogP contribution in [-0.4, -0.2) is 0 Å². The van der Waals surface area contributed by atoms with Gasteiger partial charge in [0.25, 0.3) is 0 Å². The molecule has 0 aliphatic rings. The van der Waals surface area contributed by atoms with E-state index >= 15 is 0 Å². The first-order valence-corrected chi connectivity index (χ1v) is 12.4. The predicted octanol–water partition coefficient (Wildman–Crippen LogP) is 9.50. The number of ether oxygens (including phenoxy) is 1. The van der Waals surface area contributed by atoms with Crippen molar-refractivity contribution < 1.29 is 48.6 Å². The lowest BCUT2D eigenvalue weighted by Crippen LogP contribution is -2.25. The normalized spacial score (nSPS) is 11.5. The highest BCUT2D eigenvalue weighted by Gasteiger charge is 2.42. The van der Waals surface area contributed by atoms with Gasteiger partial charge in [-0.1, -0.05) is 30.1 Å².